The molecule has 1 aliphatic rings. The van der Waals surface area contributed by atoms with Crippen molar-refractivity contribution in [2.24, 2.45) is 0 Å². The fourth-order valence-electron chi connectivity index (χ4n) is 3.61. The van der Waals surface area contributed by atoms with E-state index in [1.54, 1.807) is 4.90 Å². The van der Waals surface area contributed by atoms with E-state index in [1.807, 2.05) is 55.1 Å². The number of benzene rings is 2. The average molecular weight is 380 g/mol. The molecule has 1 heterocycles. The van der Waals surface area contributed by atoms with Crippen molar-refractivity contribution in [1.29, 1.82) is 0 Å². The molecule has 0 spiro atoms. The van der Waals surface area contributed by atoms with Crippen LogP contribution in [0.3, 0.4) is 0 Å². The van der Waals surface area contributed by atoms with Gasteiger partial charge in [0.15, 0.2) is 0 Å². The normalized spacial score (nSPS) is 13.0. The number of nitrogens with one attached hydrogen (secondary N) is 1. The van der Waals surface area contributed by atoms with Crippen LogP contribution < -0.4 is 5.32 Å². The van der Waals surface area contributed by atoms with E-state index in [-0.39, 0.29) is 11.9 Å². The molecule has 0 unspecified atom stereocenters. The molecule has 0 aliphatic carbocycles. The van der Waals surface area contributed by atoms with Crippen LogP contribution in [-0.2, 0) is 17.8 Å². The lowest BCUT2D eigenvalue weighted by Gasteiger charge is -2.30. The Morgan fingerprint density at radius 2 is 1.86 bits per heavy atom. The summed E-state index contributed by atoms with van der Waals surface area (Å²) in [6, 6.07) is 15.9. The maximum Gasteiger partial charge on any atom is 0.321 e. The summed E-state index contributed by atoms with van der Waals surface area (Å²) in [5, 5.41) is 2.95. The Hall–Kier alpha value is -2.82. The molecule has 2 aromatic carbocycles. The van der Waals surface area contributed by atoms with Gasteiger partial charge in [0.25, 0.3) is 0 Å². The molecule has 0 fully saturated rings. The number of amides is 3. The minimum atomic E-state index is -0.149. The standard InChI is InChI=1S/C23H29N3O2/c1-3-13-25(23(28)24-21-10-6-7-18(2)16-21)15-12-22(27)26-14-11-19-8-4-5-9-20(19)17-26/h4-10,16H,3,11-15,17H2,1-2H3,(H,24,28). The van der Waals surface area contributed by atoms with Crippen LogP contribution in [0.1, 0.15) is 36.5 Å². The van der Waals surface area contributed by atoms with E-state index in [9.17, 15) is 9.59 Å². The van der Waals surface area contributed by atoms with Gasteiger partial charge in [-0.1, -0.05) is 43.3 Å². The summed E-state index contributed by atoms with van der Waals surface area (Å²) in [6.07, 6.45) is 2.10. The second-order valence-corrected chi connectivity index (χ2v) is 7.37. The van der Waals surface area contributed by atoms with Crippen molar-refractivity contribution in [1.82, 2.24) is 9.80 Å². The van der Waals surface area contributed by atoms with Crippen molar-refractivity contribution < 1.29 is 9.59 Å². The molecule has 5 heteroatoms. The zero-order valence-electron chi connectivity index (χ0n) is 16.8. The SMILES string of the molecule is CCCN(CCC(=O)N1CCc2ccccc2C1)C(=O)Nc1cccc(C)c1. The number of hydrogen-bond acceptors (Lipinski definition) is 2. The van der Waals surface area contributed by atoms with Crippen LogP contribution in [0, 0.1) is 6.92 Å². The van der Waals surface area contributed by atoms with E-state index < -0.39 is 0 Å². The quantitative estimate of drug-likeness (QED) is 0.817. The van der Waals surface area contributed by atoms with Gasteiger partial charge in [-0.2, -0.15) is 0 Å². The molecular weight excluding hydrogens is 350 g/mol. The first-order valence-corrected chi connectivity index (χ1v) is 10.0. The Morgan fingerprint density at radius 3 is 2.61 bits per heavy atom. The average Bonchev–Trinajstić information content (AvgIpc) is 2.70. The zero-order valence-corrected chi connectivity index (χ0v) is 16.8. The van der Waals surface area contributed by atoms with Crippen molar-refractivity contribution in [3.63, 3.8) is 0 Å². The van der Waals surface area contributed by atoms with Crippen LogP contribution in [0.25, 0.3) is 0 Å². The molecule has 0 atom stereocenters. The maximum absolute atomic E-state index is 12.7. The first-order valence-electron chi connectivity index (χ1n) is 10.0. The number of nitrogens with zero attached hydrogens (tertiary/aromatic N) is 2. The van der Waals surface area contributed by atoms with Crippen molar-refractivity contribution in [2.45, 2.75) is 39.7 Å². The summed E-state index contributed by atoms with van der Waals surface area (Å²) in [4.78, 5) is 29.0. The first-order chi connectivity index (χ1) is 13.6. The molecule has 0 saturated carbocycles. The second kappa shape index (κ2) is 9.40. The van der Waals surface area contributed by atoms with Gasteiger partial charge < -0.3 is 15.1 Å². The van der Waals surface area contributed by atoms with Gasteiger partial charge in [0.2, 0.25) is 5.91 Å². The van der Waals surface area contributed by atoms with E-state index >= 15 is 0 Å². The number of hydrogen-bond donors (Lipinski definition) is 1. The fraction of sp³-hybridized carbons (Fsp3) is 0.391. The number of urea groups is 1. The van der Waals surface area contributed by atoms with E-state index in [0.29, 0.717) is 26.1 Å². The Labute approximate surface area is 167 Å². The van der Waals surface area contributed by atoms with E-state index in [0.717, 1.165) is 30.6 Å². The molecule has 2 aromatic rings. The maximum atomic E-state index is 12.7. The van der Waals surface area contributed by atoms with Gasteiger partial charge in [0.05, 0.1) is 0 Å². The second-order valence-electron chi connectivity index (χ2n) is 7.37. The van der Waals surface area contributed by atoms with Gasteiger partial charge in [0, 0.05) is 38.3 Å². The van der Waals surface area contributed by atoms with Gasteiger partial charge in [-0.05, 0) is 48.6 Å². The highest BCUT2D eigenvalue weighted by atomic mass is 16.2. The Balaban J connectivity index is 1.55. The zero-order chi connectivity index (χ0) is 19.9. The summed E-state index contributed by atoms with van der Waals surface area (Å²) in [5.41, 5.74) is 4.44. The Morgan fingerprint density at radius 1 is 1.07 bits per heavy atom. The van der Waals surface area contributed by atoms with E-state index in [2.05, 4.69) is 17.4 Å². The molecule has 3 amide bonds. The topological polar surface area (TPSA) is 52.7 Å². The van der Waals surface area contributed by atoms with Crippen molar-refractivity contribution in [3.05, 3.63) is 65.2 Å². The predicted molar refractivity (Wildman–Crippen MR) is 112 cm³/mol. The summed E-state index contributed by atoms with van der Waals surface area (Å²) in [7, 11) is 0. The lowest BCUT2D eigenvalue weighted by Crippen LogP contribution is -2.41. The molecule has 0 bridgehead atoms. The molecule has 3 rings (SSSR count). The molecule has 1 N–H and O–H groups in total. The van der Waals surface area contributed by atoms with Gasteiger partial charge >= 0.3 is 6.03 Å². The molecule has 1 aliphatic heterocycles. The highest BCUT2D eigenvalue weighted by Crippen LogP contribution is 2.19. The third-order valence-corrected chi connectivity index (χ3v) is 5.13. The molecule has 148 valence electrons. The van der Waals surface area contributed by atoms with Gasteiger partial charge in [-0.3, -0.25) is 4.79 Å². The van der Waals surface area contributed by atoms with Crippen molar-refractivity contribution >= 4 is 17.6 Å². The summed E-state index contributed by atoms with van der Waals surface area (Å²) in [6.45, 7) is 6.51. The number of carbonyl (C=O) groups is 2. The van der Waals surface area contributed by atoms with Crippen LogP contribution in [-0.4, -0.2) is 41.4 Å². The molecule has 0 saturated heterocycles. The highest BCUT2D eigenvalue weighted by molar-refractivity contribution is 5.89. The third-order valence-electron chi connectivity index (χ3n) is 5.13. The van der Waals surface area contributed by atoms with Gasteiger partial charge in [-0.25, -0.2) is 4.79 Å². The lowest BCUT2D eigenvalue weighted by molar-refractivity contribution is -0.132. The van der Waals surface area contributed by atoms with Crippen molar-refractivity contribution in [3.8, 4) is 0 Å². The van der Waals surface area contributed by atoms with Crippen LogP contribution in [0.5, 0.6) is 0 Å². The Kier molecular flexibility index (Phi) is 6.69. The van der Waals surface area contributed by atoms with Crippen LogP contribution >= 0.6 is 0 Å². The fourth-order valence-corrected chi connectivity index (χ4v) is 3.61. The molecule has 0 aromatic heterocycles. The number of fused-ring (bicyclic) bond motifs is 1. The first kappa shape index (κ1) is 19.9. The predicted octanol–water partition coefficient (Wildman–Crippen LogP) is 4.21. The minimum absolute atomic E-state index is 0.110. The summed E-state index contributed by atoms with van der Waals surface area (Å²) < 4.78 is 0. The summed E-state index contributed by atoms with van der Waals surface area (Å²) >= 11 is 0. The molecule has 5 nitrogen and oxygen atoms in total. The van der Waals surface area contributed by atoms with Crippen molar-refractivity contribution in [2.75, 3.05) is 25.0 Å². The van der Waals surface area contributed by atoms with Crippen LogP contribution in [0.4, 0.5) is 10.5 Å². The number of rotatable bonds is 6. The van der Waals surface area contributed by atoms with Crippen LogP contribution in [0.2, 0.25) is 0 Å². The van der Waals surface area contributed by atoms with Gasteiger partial charge in [-0.15, -0.1) is 0 Å². The van der Waals surface area contributed by atoms with E-state index in [4.69, 9.17) is 0 Å². The highest BCUT2D eigenvalue weighted by Gasteiger charge is 2.22. The van der Waals surface area contributed by atoms with E-state index in [1.165, 1.54) is 11.1 Å². The summed E-state index contributed by atoms with van der Waals surface area (Å²) in [5.74, 6) is 0.110. The largest absolute Gasteiger partial charge is 0.338 e. The lowest BCUT2D eigenvalue weighted by atomic mass is 10.00. The van der Waals surface area contributed by atoms with Crippen LogP contribution in [0.15, 0.2) is 48.5 Å². The number of anilines is 1. The van der Waals surface area contributed by atoms with Gasteiger partial charge in [0.1, 0.15) is 0 Å². The smallest absolute Gasteiger partial charge is 0.321 e. The number of aryl methyl sites for hydroxylation is 1. The molecule has 28 heavy (non-hydrogen) atoms. The number of carbonyl (C=O) groups excluding carboxylic acids is 2. The molecular formula is C23H29N3O2. The third kappa shape index (κ3) is 5.12. The monoisotopic (exact) mass is 379 g/mol. The molecule has 0 radical (unpaired) electrons. The minimum Gasteiger partial charge on any atom is -0.338 e. The Bertz CT molecular complexity index is 834.